The molecule has 0 spiro atoms. The van der Waals surface area contributed by atoms with Crippen molar-refractivity contribution >= 4 is 11.9 Å². The van der Waals surface area contributed by atoms with E-state index in [1.54, 1.807) is 24.3 Å². The number of hydrogen-bond acceptors (Lipinski definition) is 4. The minimum atomic E-state index is -0.654. The van der Waals surface area contributed by atoms with Crippen LogP contribution >= 0.6 is 0 Å². The summed E-state index contributed by atoms with van der Waals surface area (Å²) < 4.78 is 10.7. The zero-order valence-electron chi connectivity index (χ0n) is 13.0. The van der Waals surface area contributed by atoms with E-state index in [0.717, 1.165) is 12.2 Å². The lowest BCUT2D eigenvalue weighted by Crippen LogP contribution is -2.45. The monoisotopic (exact) mass is 293 g/mol. The predicted octanol–water partition coefficient (Wildman–Crippen LogP) is 2.54. The third kappa shape index (κ3) is 5.85. The van der Waals surface area contributed by atoms with E-state index in [1.807, 2.05) is 20.8 Å². The second kappa shape index (κ2) is 8.29. The molecule has 1 N–H and O–H groups in total. The van der Waals surface area contributed by atoms with Gasteiger partial charge < -0.3 is 14.8 Å². The molecule has 1 aromatic rings. The van der Waals surface area contributed by atoms with Gasteiger partial charge in [-0.2, -0.15) is 0 Å². The fourth-order valence-electron chi connectivity index (χ4n) is 1.72. The number of carbonyl (C=O) groups excluding carboxylic acids is 2. The van der Waals surface area contributed by atoms with Gasteiger partial charge in [0.25, 0.3) is 0 Å². The first-order valence-corrected chi connectivity index (χ1v) is 7.15. The van der Waals surface area contributed by atoms with Gasteiger partial charge in [-0.3, -0.25) is 4.79 Å². The van der Waals surface area contributed by atoms with Crippen molar-refractivity contribution in [2.75, 3.05) is 6.61 Å². The van der Waals surface area contributed by atoms with Gasteiger partial charge in [-0.15, -0.1) is 0 Å². The van der Waals surface area contributed by atoms with Crippen LogP contribution in [0.5, 0.6) is 11.5 Å². The third-order valence-corrected chi connectivity index (χ3v) is 2.79. The lowest BCUT2D eigenvalue weighted by Gasteiger charge is -2.19. The summed E-state index contributed by atoms with van der Waals surface area (Å²) in [7, 11) is 0. The molecular formula is C16H23NO4. The zero-order valence-corrected chi connectivity index (χ0v) is 13.0. The molecule has 0 radical (unpaired) electrons. The van der Waals surface area contributed by atoms with Gasteiger partial charge in [0.2, 0.25) is 5.91 Å². The molecule has 1 atom stereocenters. The first kappa shape index (κ1) is 17.0. The molecule has 1 aromatic carbocycles. The molecule has 0 heterocycles. The molecule has 0 bridgehead atoms. The Hall–Kier alpha value is -2.04. The quantitative estimate of drug-likeness (QED) is 0.620. The van der Waals surface area contributed by atoms with Crippen LogP contribution in [0.25, 0.3) is 0 Å². The smallest absolute Gasteiger partial charge is 0.334 e. The number of benzene rings is 1. The van der Waals surface area contributed by atoms with Crippen LogP contribution in [0.1, 0.15) is 34.1 Å². The van der Waals surface area contributed by atoms with Crippen molar-refractivity contribution in [3.8, 4) is 11.5 Å². The largest absolute Gasteiger partial charge is 0.494 e. The zero-order chi connectivity index (χ0) is 15.8. The van der Waals surface area contributed by atoms with E-state index in [-0.39, 0.29) is 11.8 Å². The first-order valence-electron chi connectivity index (χ1n) is 7.15. The Morgan fingerprint density at radius 3 is 2.19 bits per heavy atom. The van der Waals surface area contributed by atoms with Crippen LogP contribution in [-0.4, -0.2) is 24.5 Å². The molecule has 0 saturated carbocycles. The molecule has 0 aliphatic heterocycles. The van der Waals surface area contributed by atoms with Crippen LogP contribution < -0.4 is 14.8 Å². The summed E-state index contributed by atoms with van der Waals surface area (Å²) in [6, 6.07) is 6.20. The Kier molecular flexibility index (Phi) is 6.72. The van der Waals surface area contributed by atoms with E-state index >= 15 is 0 Å². The number of hydrogen-bond donors (Lipinski definition) is 1. The lowest BCUT2D eigenvalue weighted by atomic mass is 10.0. The van der Waals surface area contributed by atoms with Gasteiger partial charge in [-0.1, -0.05) is 20.8 Å². The standard InChI is InChI=1S/C16H23NO4/c1-5-10-20-13-6-8-14(9-7-13)21-16(19)15(11(2)3)17-12(4)18/h6-9,11,15H,5,10H2,1-4H3,(H,17,18). The average Bonchev–Trinajstić information content (AvgIpc) is 2.43. The molecule has 1 unspecified atom stereocenters. The van der Waals surface area contributed by atoms with E-state index in [1.165, 1.54) is 6.92 Å². The maximum Gasteiger partial charge on any atom is 0.334 e. The van der Waals surface area contributed by atoms with E-state index in [9.17, 15) is 9.59 Å². The van der Waals surface area contributed by atoms with Crippen molar-refractivity contribution in [3.63, 3.8) is 0 Å². The predicted molar refractivity (Wildman–Crippen MR) is 80.3 cm³/mol. The molecule has 5 nitrogen and oxygen atoms in total. The Labute approximate surface area is 125 Å². The van der Waals surface area contributed by atoms with Crippen molar-refractivity contribution in [2.24, 2.45) is 5.92 Å². The van der Waals surface area contributed by atoms with Gasteiger partial charge in [-0.25, -0.2) is 4.79 Å². The summed E-state index contributed by atoms with van der Waals surface area (Å²) in [4.78, 5) is 23.2. The van der Waals surface area contributed by atoms with E-state index in [4.69, 9.17) is 9.47 Å². The maximum atomic E-state index is 12.1. The molecule has 5 heteroatoms. The molecule has 0 fully saturated rings. The Morgan fingerprint density at radius 2 is 1.71 bits per heavy atom. The molecular weight excluding hydrogens is 270 g/mol. The van der Waals surface area contributed by atoms with E-state index in [2.05, 4.69) is 5.32 Å². The van der Waals surface area contributed by atoms with Crippen LogP contribution in [0.4, 0.5) is 0 Å². The SMILES string of the molecule is CCCOc1ccc(OC(=O)C(NC(C)=O)C(C)C)cc1. The number of ether oxygens (including phenoxy) is 2. The second-order valence-corrected chi connectivity index (χ2v) is 5.16. The summed E-state index contributed by atoms with van der Waals surface area (Å²) in [5.41, 5.74) is 0. The topological polar surface area (TPSA) is 64.6 Å². The fraction of sp³-hybridized carbons (Fsp3) is 0.500. The third-order valence-electron chi connectivity index (χ3n) is 2.79. The number of nitrogens with one attached hydrogen (secondary N) is 1. The second-order valence-electron chi connectivity index (χ2n) is 5.16. The first-order chi connectivity index (χ1) is 9.93. The number of carbonyl (C=O) groups is 2. The fourth-order valence-corrected chi connectivity index (χ4v) is 1.72. The van der Waals surface area contributed by atoms with Crippen molar-refractivity contribution in [1.29, 1.82) is 0 Å². The Morgan fingerprint density at radius 1 is 1.14 bits per heavy atom. The minimum Gasteiger partial charge on any atom is -0.494 e. The Bertz CT molecular complexity index is 468. The molecule has 0 aliphatic carbocycles. The minimum absolute atomic E-state index is 0.0476. The van der Waals surface area contributed by atoms with Gasteiger partial charge in [0.15, 0.2) is 0 Å². The lowest BCUT2D eigenvalue weighted by molar-refractivity contribution is -0.140. The van der Waals surface area contributed by atoms with E-state index in [0.29, 0.717) is 12.4 Å². The highest BCUT2D eigenvalue weighted by atomic mass is 16.5. The Balaban J connectivity index is 2.66. The van der Waals surface area contributed by atoms with Crippen molar-refractivity contribution < 1.29 is 19.1 Å². The maximum absolute atomic E-state index is 12.1. The van der Waals surface area contributed by atoms with Crippen LogP contribution in [0.15, 0.2) is 24.3 Å². The number of rotatable bonds is 7. The van der Waals surface area contributed by atoms with Gasteiger partial charge in [0.1, 0.15) is 17.5 Å². The summed E-state index contributed by atoms with van der Waals surface area (Å²) in [5, 5.41) is 2.60. The van der Waals surface area contributed by atoms with Crippen LogP contribution in [-0.2, 0) is 9.59 Å². The normalized spacial score (nSPS) is 11.9. The van der Waals surface area contributed by atoms with Gasteiger partial charge >= 0.3 is 5.97 Å². The molecule has 116 valence electrons. The average molecular weight is 293 g/mol. The number of esters is 1. The highest BCUT2D eigenvalue weighted by Gasteiger charge is 2.25. The molecule has 0 saturated heterocycles. The summed E-state index contributed by atoms with van der Waals surface area (Å²) >= 11 is 0. The van der Waals surface area contributed by atoms with Crippen molar-refractivity contribution in [1.82, 2.24) is 5.32 Å². The highest BCUT2D eigenvalue weighted by Crippen LogP contribution is 2.19. The molecule has 21 heavy (non-hydrogen) atoms. The van der Waals surface area contributed by atoms with Crippen LogP contribution in [0.2, 0.25) is 0 Å². The number of amides is 1. The summed E-state index contributed by atoms with van der Waals surface area (Å²) in [6.45, 7) is 7.76. The summed E-state index contributed by atoms with van der Waals surface area (Å²) in [5.74, 6) is 0.392. The van der Waals surface area contributed by atoms with E-state index < -0.39 is 12.0 Å². The summed E-state index contributed by atoms with van der Waals surface area (Å²) in [6.07, 6.45) is 0.934. The van der Waals surface area contributed by atoms with Gasteiger partial charge in [0, 0.05) is 6.92 Å². The van der Waals surface area contributed by atoms with Crippen LogP contribution in [0, 0.1) is 5.92 Å². The van der Waals surface area contributed by atoms with Gasteiger partial charge in [-0.05, 0) is 36.6 Å². The molecule has 0 aromatic heterocycles. The van der Waals surface area contributed by atoms with Crippen molar-refractivity contribution in [2.45, 2.75) is 40.2 Å². The van der Waals surface area contributed by atoms with Crippen LogP contribution in [0.3, 0.4) is 0 Å². The highest BCUT2D eigenvalue weighted by molar-refractivity contribution is 5.84. The van der Waals surface area contributed by atoms with Crippen molar-refractivity contribution in [3.05, 3.63) is 24.3 Å². The molecule has 1 rings (SSSR count). The molecule has 1 amide bonds. The van der Waals surface area contributed by atoms with Gasteiger partial charge in [0.05, 0.1) is 6.61 Å². The molecule has 0 aliphatic rings.